The van der Waals surface area contributed by atoms with Gasteiger partial charge in [0.15, 0.2) is 0 Å². The Kier molecular flexibility index (Phi) is 5.82. The standard InChI is InChI=1S/C17H31N3O/c1-12(2)10-18-9-8-17-14(4)19-20(15(17)5)11-16-7-6-13(3)21-16/h12-13,16,18H,6-11H2,1-5H3. The van der Waals surface area contributed by atoms with Crippen LogP contribution in [0.2, 0.25) is 0 Å². The van der Waals surface area contributed by atoms with Crippen molar-refractivity contribution in [3.63, 3.8) is 0 Å². The maximum absolute atomic E-state index is 5.92. The molecule has 2 heterocycles. The second-order valence-electron chi connectivity index (χ2n) is 6.83. The normalized spacial score (nSPS) is 22.4. The van der Waals surface area contributed by atoms with Gasteiger partial charge in [0.05, 0.1) is 24.4 Å². The maximum Gasteiger partial charge on any atom is 0.0775 e. The van der Waals surface area contributed by atoms with Gasteiger partial charge in [0.25, 0.3) is 0 Å². The summed E-state index contributed by atoms with van der Waals surface area (Å²) in [6.45, 7) is 14.0. The van der Waals surface area contributed by atoms with Gasteiger partial charge in [-0.15, -0.1) is 0 Å². The Morgan fingerprint density at radius 1 is 1.33 bits per heavy atom. The first kappa shape index (κ1) is 16.5. The van der Waals surface area contributed by atoms with Crippen molar-refractivity contribution in [2.75, 3.05) is 13.1 Å². The van der Waals surface area contributed by atoms with E-state index in [4.69, 9.17) is 9.84 Å². The van der Waals surface area contributed by atoms with E-state index in [1.165, 1.54) is 23.4 Å². The van der Waals surface area contributed by atoms with Gasteiger partial charge >= 0.3 is 0 Å². The summed E-state index contributed by atoms with van der Waals surface area (Å²) in [5.41, 5.74) is 3.88. The van der Waals surface area contributed by atoms with Crippen LogP contribution in [0.25, 0.3) is 0 Å². The van der Waals surface area contributed by atoms with E-state index in [0.29, 0.717) is 18.1 Å². The molecular formula is C17H31N3O. The van der Waals surface area contributed by atoms with E-state index in [1.54, 1.807) is 0 Å². The average Bonchev–Trinajstić information content (AvgIpc) is 2.92. The SMILES string of the molecule is Cc1nn(CC2CCC(C)O2)c(C)c1CCNCC(C)C. The summed E-state index contributed by atoms with van der Waals surface area (Å²) in [6, 6.07) is 0. The fraction of sp³-hybridized carbons (Fsp3) is 0.824. The quantitative estimate of drug-likeness (QED) is 0.786. The van der Waals surface area contributed by atoms with Crippen LogP contribution in [-0.2, 0) is 17.7 Å². The highest BCUT2D eigenvalue weighted by atomic mass is 16.5. The van der Waals surface area contributed by atoms with Crippen LogP contribution >= 0.6 is 0 Å². The van der Waals surface area contributed by atoms with Gasteiger partial charge in [-0.05, 0) is 64.6 Å². The average molecular weight is 293 g/mol. The molecular weight excluding hydrogens is 262 g/mol. The molecule has 2 atom stereocenters. The Morgan fingerprint density at radius 3 is 2.71 bits per heavy atom. The molecule has 0 saturated carbocycles. The van der Waals surface area contributed by atoms with Crippen molar-refractivity contribution >= 4 is 0 Å². The number of aryl methyl sites for hydroxylation is 1. The highest BCUT2D eigenvalue weighted by Gasteiger charge is 2.23. The fourth-order valence-corrected chi connectivity index (χ4v) is 3.09. The molecule has 1 aromatic heterocycles. The first-order chi connectivity index (χ1) is 9.97. The molecule has 120 valence electrons. The molecule has 0 spiro atoms. The van der Waals surface area contributed by atoms with E-state index in [0.717, 1.165) is 32.5 Å². The van der Waals surface area contributed by atoms with Gasteiger partial charge < -0.3 is 10.1 Å². The number of rotatable bonds is 7. The van der Waals surface area contributed by atoms with Crippen LogP contribution in [0.1, 0.15) is 50.6 Å². The molecule has 1 aliphatic heterocycles. The zero-order chi connectivity index (χ0) is 15.4. The van der Waals surface area contributed by atoms with Crippen LogP contribution in [0.5, 0.6) is 0 Å². The van der Waals surface area contributed by atoms with Crippen molar-refractivity contribution in [3.05, 3.63) is 17.0 Å². The first-order valence-corrected chi connectivity index (χ1v) is 8.36. The van der Waals surface area contributed by atoms with Gasteiger partial charge in [0, 0.05) is 5.69 Å². The van der Waals surface area contributed by atoms with Crippen molar-refractivity contribution < 1.29 is 4.74 Å². The molecule has 0 amide bonds. The molecule has 0 bridgehead atoms. The van der Waals surface area contributed by atoms with Crippen molar-refractivity contribution in [2.24, 2.45) is 5.92 Å². The molecule has 0 aliphatic carbocycles. The van der Waals surface area contributed by atoms with E-state index in [2.05, 4.69) is 44.6 Å². The molecule has 2 rings (SSSR count). The second-order valence-corrected chi connectivity index (χ2v) is 6.83. The highest BCUT2D eigenvalue weighted by molar-refractivity contribution is 5.25. The first-order valence-electron chi connectivity index (χ1n) is 8.36. The summed E-state index contributed by atoms with van der Waals surface area (Å²) in [6.07, 6.45) is 4.14. The molecule has 1 N–H and O–H groups in total. The summed E-state index contributed by atoms with van der Waals surface area (Å²) in [7, 11) is 0. The van der Waals surface area contributed by atoms with E-state index < -0.39 is 0 Å². The Balaban J connectivity index is 1.90. The largest absolute Gasteiger partial charge is 0.373 e. The molecule has 4 nitrogen and oxygen atoms in total. The minimum absolute atomic E-state index is 0.338. The Labute approximate surface area is 129 Å². The minimum Gasteiger partial charge on any atom is -0.373 e. The lowest BCUT2D eigenvalue weighted by Crippen LogP contribution is -2.22. The lowest BCUT2D eigenvalue weighted by Gasteiger charge is -2.13. The second kappa shape index (κ2) is 7.41. The predicted molar refractivity (Wildman–Crippen MR) is 86.7 cm³/mol. The van der Waals surface area contributed by atoms with Crippen molar-refractivity contribution in [1.82, 2.24) is 15.1 Å². The lowest BCUT2D eigenvalue weighted by atomic mass is 10.1. The third-order valence-corrected chi connectivity index (χ3v) is 4.33. The molecule has 21 heavy (non-hydrogen) atoms. The summed E-state index contributed by atoms with van der Waals surface area (Å²) in [5.74, 6) is 0.705. The molecule has 0 aromatic carbocycles. The van der Waals surface area contributed by atoms with Crippen LogP contribution in [-0.4, -0.2) is 35.1 Å². The van der Waals surface area contributed by atoms with Crippen molar-refractivity contribution in [1.29, 1.82) is 0 Å². The van der Waals surface area contributed by atoms with E-state index in [9.17, 15) is 0 Å². The maximum atomic E-state index is 5.92. The van der Waals surface area contributed by atoms with Crippen LogP contribution in [0.3, 0.4) is 0 Å². The van der Waals surface area contributed by atoms with Crippen LogP contribution in [0, 0.1) is 19.8 Å². The van der Waals surface area contributed by atoms with Crippen LogP contribution in [0.15, 0.2) is 0 Å². The van der Waals surface area contributed by atoms with Gasteiger partial charge in [0.1, 0.15) is 0 Å². The van der Waals surface area contributed by atoms with E-state index in [1.807, 2.05) is 0 Å². The third kappa shape index (κ3) is 4.55. The van der Waals surface area contributed by atoms with Crippen molar-refractivity contribution in [3.8, 4) is 0 Å². The molecule has 4 heteroatoms. The number of aromatic nitrogens is 2. The molecule has 1 fully saturated rings. The van der Waals surface area contributed by atoms with Crippen LogP contribution < -0.4 is 5.32 Å². The van der Waals surface area contributed by atoms with Gasteiger partial charge in [-0.25, -0.2) is 0 Å². The number of nitrogens with one attached hydrogen (secondary N) is 1. The Morgan fingerprint density at radius 2 is 2.10 bits per heavy atom. The monoisotopic (exact) mass is 293 g/mol. The smallest absolute Gasteiger partial charge is 0.0775 e. The minimum atomic E-state index is 0.338. The van der Waals surface area contributed by atoms with Gasteiger partial charge in [0.2, 0.25) is 0 Å². The molecule has 1 saturated heterocycles. The number of ether oxygens (including phenoxy) is 1. The zero-order valence-corrected chi connectivity index (χ0v) is 14.3. The predicted octanol–water partition coefficient (Wildman–Crippen LogP) is 2.86. The summed E-state index contributed by atoms with van der Waals surface area (Å²) < 4.78 is 8.07. The van der Waals surface area contributed by atoms with Crippen molar-refractivity contribution in [2.45, 2.75) is 72.6 Å². The third-order valence-electron chi connectivity index (χ3n) is 4.33. The van der Waals surface area contributed by atoms with Gasteiger partial charge in [-0.1, -0.05) is 13.8 Å². The van der Waals surface area contributed by atoms with Gasteiger partial charge in [-0.2, -0.15) is 5.10 Å². The summed E-state index contributed by atoms with van der Waals surface area (Å²) in [5, 5.41) is 8.24. The number of nitrogens with zero attached hydrogens (tertiary/aromatic N) is 2. The fourth-order valence-electron chi connectivity index (χ4n) is 3.09. The summed E-state index contributed by atoms with van der Waals surface area (Å²) >= 11 is 0. The lowest BCUT2D eigenvalue weighted by molar-refractivity contribution is 0.0433. The molecule has 1 aliphatic rings. The Hall–Kier alpha value is -0.870. The molecule has 1 aromatic rings. The summed E-state index contributed by atoms with van der Waals surface area (Å²) in [4.78, 5) is 0. The Bertz CT molecular complexity index is 453. The molecule has 2 unspecified atom stereocenters. The topological polar surface area (TPSA) is 39.1 Å². The zero-order valence-electron chi connectivity index (χ0n) is 14.3. The molecule has 0 radical (unpaired) electrons. The van der Waals surface area contributed by atoms with E-state index >= 15 is 0 Å². The van der Waals surface area contributed by atoms with E-state index in [-0.39, 0.29) is 0 Å². The van der Waals surface area contributed by atoms with Gasteiger partial charge in [-0.3, -0.25) is 4.68 Å². The van der Waals surface area contributed by atoms with Crippen LogP contribution in [0.4, 0.5) is 0 Å². The number of hydrogen-bond acceptors (Lipinski definition) is 3. The number of hydrogen-bond donors (Lipinski definition) is 1. The highest BCUT2D eigenvalue weighted by Crippen LogP contribution is 2.22.